The number of carbonyl (C=O) groups excluding carboxylic acids is 1. The van der Waals surface area contributed by atoms with Crippen molar-refractivity contribution in [1.29, 1.82) is 0 Å². The number of benzene rings is 2. The topological polar surface area (TPSA) is 109 Å². The second kappa shape index (κ2) is 8.26. The maximum Gasteiger partial charge on any atom is 0.269 e. The molecule has 0 aliphatic carbocycles. The molecule has 2 aromatic rings. The highest BCUT2D eigenvalue weighted by Crippen LogP contribution is 2.25. The maximum atomic E-state index is 12.3. The molecule has 0 saturated carbocycles. The van der Waals surface area contributed by atoms with Crippen LogP contribution in [0.4, 0.5) is 5.69 Å². The molecule has 140 valence electrons. The fourth-order valence-electron chi connectivity index (χ4n) is 2.77. The number of rotatable bonds is 5. The third-order valence-electron chi connectivity index (χ3n) is 4.30. The zero-order valence-corrected chi connectivity index (χ0v) is 15.2. The number of nitrogens with one attached hydrogen (secondary N) is 3. The van der Waals surface area contributed by atoms with Gasteiger partial charge >= 0.3 is 0 Å². The van der Waals surface area contributed by atoms with Crippen LogP contribution in [0.3, 0.4) is 0 Å². The van der Waals surface area contributed by atoms with Gasteiger partial charge in [-0.1, -0.05) is 35.9 Å². The Balaban J connectivity index is 1.60. The summed E-state index contributed by atoms with van der Waals surface area (Å²) in [6, 6.07) is 12.8. The van der Waals surface area contributed by atoms with Crippen LogP contribution < -0.4 is 16.3 Å². The molecule has 1 aliphatic rings. The molecule has 3 N–H and O–H groups in total. The van der Waals surface area contributed by atoms with E-state index in [0.29, 0.717) is 17.2 Å². The molecule has 1 heterocycles. The molecule has 1 amide bonds. The number of carbonyl (C=O) groups is 1. The van der Waals surface area contributed by atoms with Crippen LogP contribution in [0.5, 0.6) is 0 Å². The number of nitrogens with zero attached hydrogens (tertiary/aromatic N) is 2. The first kappa shape index (κ1) is 19.0. The summed E-state index contributed by atoms with van der Waals surface area (Å²) in [6.45, 7) is 1.79. The molecule has 1 fully saturated rings. The van der Waals surface area contributed by atoms with Gasteiger partial charge in [0.1, 0.15) is 6.04 Å². The average molecular weight is 388 g/mol. The lowest BCUT2D eigenvalue weighted by Crippen LogP contribution is -2.41. The monoisotopic (exact) mass is 387 g/mol. The van der Waals surface area contributed by atoms with Crippen LogP contribution >= 0.6 is 11.6 Å². The smallest absolute Gasteiger partial charge is 0.269 e. The number of hydrazine groups is 1. The predicted molar refractivity (Wildman–Crippen MR) is 102 cm³/mol. The maximum absolute atomic E-state index is 12.3. The molecule has 2 aromatic carbocycles. The Morgan fingerprint density at radius 1 is 1.26 bits per heavy atom. The summed E-state index contributed by atoms with van der Waals surface area (Å²) in [4.78, 5) is 22.8. The summed E-state index contributed by atoms with van der Waals surface area (Å²) in [5, 5.41) is 15.7. The first-order valence-electron chi connectivity index (χ1n) is 8.29. The molecule has 3 rings (SSSR count). The average Bonchev–Trinajstić information content (AvgIpc) is 3.17. The van der Waals surface area contributed by atoms with Gasteiger partial charge in [0.2, 0.25) is 0 Å². The SMILES string of the molecule is C/C(=N\NC(=O)C1CC(c2cccc([N+](=O)[O-])c2)NN1)c1ccc(Cl)cc1. The zero-order valence-electron chi connectivity index (χ0n) is 14.5. The molecule has 27 heavy (non-hydrogen) atoms. The van der Waals surface area contributed by atoms with E-state index in [1.807, 2.05) is 12.1 Å². The Bertz CT molecular complexity index is 885. The van der Waals surface area contributed by atoms with E-state index in [2.05, 4.69) is 21.4 Å². The quantitative estimate of drug-likeness (QED) is 0.415. The summed E-state index contributed by atoms with van der Waals surface area (Å²) in [7, 11) is 0. The molecular formula is C18H18ClN5O3. The minimum atomic E-state index is -0.504. The van der Waals surface area contributed by atoms with Crippen molar-refractivity contribution in [3.63, 3.8) is 0 Å². The Labute approximate surface area is 160 Å². The summed E-state index contributed by atoms with van der Waals surface area (Å²) in [5.74, 6) is -0.288. The summed E-state index contributed by atoms with van der Waals surface area (Å²) in [5.41, 5.74) is 10.7. The van der Waals surface area contributed by atoms with Gasteiger partial charge in [0.25, 0.3) is 11.6 Å². The van der Waals surface area contributed by atoms with Gasteiger partial charge in [0, 0.05) is 23.2 Å². The van der Waals surface area contributed by atoms with Gasteiger partial charge in [0.05, 0.1) is 10.6 Å². The van der Waals surface area contributed by atoms with Gasteiger partial charge in [-0.25, -0.2) is 16.3 Å². The summed E-state index contributed by atoms with van der Waals surface area (Å²) >= 11 is 5.86. The first-order chi connectivity index (χ1) is 12.9. The van der Waals surface area contributed by atoms with E-state index in [9.17, 15) is 14.9 Å². The van der Waals surface area contributed by atoms with Gasteiger partial charge in [-0.2, -0.15) is 5.10 Å². The minimum absolute atomic E-state index is 0.0189. The Hall–Kier alpha value is -2.81. The van der Waals surface area contributed by atoms with Crippen LogP contribution in [0.2, 0.25) is 5.02 Å². The normalized spacial score (nSPS) is 19.7. The number of nitro groups is 1. The number of amides is 1. The molecule has 0 aromatic heterocycles. The second-order valence-corrected chi connectivity index (χ2v) is 6.60. The van der Waals surface area contributed by atoms with Crippen LogP contribution in [0.25, 0.3) is 0 Å². The van der Waals surface area contributed by atoms with Gasteiger partial charge in [-0.3, -0.25) is 14.9 Å². The van der Waals surface area contributed by atoms with E-state index >= 15 is 0 Å². The largest absolute Gasteiger partial charge is 0.271 e. The lowest BCUT2D eigenvalue weighted by atomic mass is 10.0. The van der Waals surface area contributed by atoms with Gasteiger partial charge < -0.3 is 0 Å². The van der Waals surface area contributed by atoms with Crippen molar-refractivity contribution in [2.24, 2.45) is 5.10 Å². The Kier molecular flexibility index (Phi) is 5.80. The molecule has 2 unspecified atom stereocenters. The van der Waals surface area contributed by atoms with Gasteiger partial charge in [-0.15, -0.1) is 0 Å². The highest BCUT2D eigenvalue weighted by atomic mass is 35.5. The molecule has 9 heteroatoms. The first-order valence-corrected chi connectivity index (χ1v) is 8.67. The van der Waals surface area contributed by atoms with Crippen molar-refractivity contribution in [2.45, 2.75) is 25.4 Å². The number of hydrazone groups is 1. The molecule has 1 saturated heterocycles. The molecule has 8 nitrogen and oxygen atoms in total. The van der Waals surface area contributed by atoms with Crippen molar-refractivity contribution < 1.29 is 9.72 Å². The summed E-state index contributed by atoms with van der Waals surface area (Å²) in [6.07, 6.45) is 0.447. The van der Waals surface area contributed by atoms with E-state index in [4.69, 9.17) is 11.6 Å². The van der Waals surface area contributed by atoms with Crippen LogP contribution in [-0.4, -0.2) is 22.6 Å². The highest BCUT2D eigenvalue weighted by molar-refractivity contribution is 6.30. The summed E-state index contributed by atoms with van der Waals surface area (Å²) < 4.78 is 0. The van der Waals surface area contributed by atoms with Crippen LogP contribution in [0, 0.1) is 10.1 Å². The Morgan fingerprint density at radius 2 is 2.00 bits per heavy atom. The molecule has 1 aliphatic heterocycles. The van der Waals surface area contributed by atoms with E-state index in [1.54, 1.807) is 31.2 Å². The third-order valence-corrected chi connectivity index (χ3v) is 4.55. The van der Waals surface area contributed by atoms with Crippen molar-refractivity contribution in [3.8, 4) is 0 Å². The van der Waals surface area contributed by atoms with E-state index < -0.39 is 11.0 Å². The van der Waals surface area contributed by atoms with E-state index in [0.717, 1.165) is 11.1 Å². The highest BCUT2D eigenvalue weighted by Gasteiger charge is 2.30. The van der Waals surface area contributed by atoms with Crippen molar-refractivity contribution >= 4 is 28.9 Å². The van der Waals surface area contributed by atoms with Gasteiger partial charge in [0.15, 0.2) is 0 Å². The van der Waals surface area contributed by atoms with Crippen LogP contribution in [-0.2, 0) is 4.79 Å². The third kappa shape index (κ3) is 4.68. The number of non-ortho nitro benzene ring substituents is 1. The molecule has 0 spiro atoms. The van der Waals surface area contributed by atoms with E-state index in [1.165, 1.54) is 12.1 Å². The Morgan fingerprint density at radius 3 is 2.70 bits per heavy atom. The predicted octanol–water partition coefficient (Wildman–Crippen LogP) is 2.70. The number of hydrogen-bond donors (Lipinski definition) is 3. The lowest BCUT2D eigenvalue weighted by molar-refractivity contribution is -0.384. The molecule has 0 bridgehead atoms. The number of hydrogen-bond acceptors (Lipinski definition) is 6. The van der Waals surface area contributed by atoms with Crippen molar-refractivity contribution in [2.75, 3.05) is 0 Å². The second-order valence-electron chi connectivity index (χ2n) is 6.16. The molecule has 0 radical (unpaired) electrons. The number of nitro benzene ring substituents is 1. The van der Waals surface area contributed by atoms with Gasteiger partial charge in [-0.05, 0) is 36.6 Å². The molecule has 2 atom stereocenters. The van der Waals surface area contributed by atoms with Crippen molar-refractivity contribution in [1.82, 2.24) is 16.3 Å². The standard InChI is InChI=1S/C18H18ClN5O3/c1-11(12-5-7-14(19)8-6-12)20-23-18(25)17-10-16(21-22-17)13-3-2-4-15(9-13)24(26)27/h2-9,16-17,21-22H,10H2,1H3,(H,23,25)/b20-11+. The fourth-order valence-corrected chi connectivity index (χ4v) is 2.90. The molecular weight excluding hydrogens is 370 g/mol. The minimum Gasteiger partial charge on any atom is -0.271 e. The van der Waals surface area contributed by atoms with Crippen molar-refractivity contribution in [3.05, 3.63) is 74.8 Å². The lowest BCUT2D eigenvalue weighted by Gasteiger charge is -2.09. The zero-order chi connectivity index (χ0) is 19.4. The van der Waals surface area contributed by atoms with Crippen LogP contribution in [0.15, 0.2) is 53.6 Å². The number of halogens is 1. The van der Waals surface area contributed by atoms with Crippen LogP contribution in [0.1, 0.15) is 30.5 Å². The van der Waals surface area contributed by atoms with E-state index in [-0.39, 0.29) is 17.6 Å². The fraction of sp³-hybridized carbons (Fsp3) is 0.222.